The van der Waals surface area contributed by atoms with Crippen LogP contribution < -0.4 is 4.90 Å². The number of nitro benzene ring substituents is 1. The summed E-state index contributed by atoms with van der Waals surface area (Å²) >= 11 is 5.89. The maximum atomic E-state index is 13.5. The fourth-order valence-corrected chi connectivity index (χ4v) is 3.77. The van der Waals surface area contributed by atoms with Crippen molar-refractivity contribution in [2.45, 2.75) is 6.04 Å². The molecule has 1 amide bonds. The molecule has 0 unspecified atom stereocenters. The number of hydrogen-bond acceptors (Lipinski definition) is 5. The maximum absolute atomic E-state index is 13.5. The Balaban J connectivity index is 2.00. The summed E-state index contributed by atoms with van der Waals surface area (Å²) in [5.41, 5.74) is -0.289. The highest BCUT2D eigenvalue weighted by atomic mass is 35.5. The smallest absolute Gasteiger partial charge is 0.300 e. The second kappa shape index (κ2) is 8.24. The molecule has 4 rings (SSSR count). The number of hydrogen-bond donors (Lipinski definition) is 1. The lowest BCUT2D eigenvalue weighted by Gasteiger charge is -2.25. The Kier molecular flexibility index (Phi) is 5.46. The molecule has 0 spiro atoms. The second-order valence-electron chi connectivity index (χ2n) is 6.97. The van der Waals surface area contributed by atoms with Crippen LogP contribution in [0.2, 0.25) is 5.02 Å². The molecule has 9 heteroatoms. The molecule has 1 saturated heterocycles. The first-order chi connectivity index (χ1) is 15.3. The van der Waals surface area contributed by atoms with E-state index < -0.39 is 34.2 Å². The first-order valence-corrected chi connectivity index (χ1v) is 9.73. The van der Waals surface area contributed by atoms with Crippen LogP contribution in [0.5, 0.6) is 0 Å². The number of amides is 1. The first kappa shape index (κ1) is 21.2. The molecule has 0 radical (unpaired) electrons. The van der Waals surface area contributed by atoms with Gasteiger partial charge in [0, 0.05) is 22.3 Å². The quantitative estimate of drug-likeness (QED) is 0.197. The number of nitro groups is 1. The number of benzene rings is 3. The van der Waals surface area contributed by atoms with Crippen molar-refractivity contribution in [1.82, 2.24) is 0 Å². The van der Waals surface area contributed by atoms with Crippen LogP contribution >= 0.6 is 11.6 Å². The molecular weight excluding hydrogens is 439 g/mol. The van der Waals surface area contributed by atoms with Gasteiger partial charge < -0.3 is 5.11 Å². The Morgan fingerprint density at radius 3 is 2.25 bits per heavy atom. The first-order valence-electron chi connectivity index (χ1n) is 9.35. The zero-order chi connectivity index (χ0) is 23.0. The topological polar surface area (TPSA) is 101 Å². The number of aliphatic hydroxyl groups excluding tert-OH is 1. The third-order valence-corrected chi connectivity index (χ3v) is 5.35. The number of ketones is 1. The summed E-state index contributed by atoms with van der Waals surface area (Å²) in [5, 5.41) is 23.1. The average molecular weight is 453 g/mol. The van der Waals surface area contributed by atoms with Crippen molar-refractivity contribution in [3.05, 3.63) is 110 Å². The maximum Gasteiger partial charge on any atom is 0.300 e. The van der Waals surface area contributed by atoms with Crippen LogP contribution in [0.15, 0.2) is 78.4 Å². The summed E-state index contributed by atoms with van der Waals surface area (Å²) in [5.74, 6) is -3.10. The molecule has 3 aromatic rings. The predicted molar refractivity (Wildman–Crippen MR) is 116 cm³/mol. The van der Waals surface area contributed by atoms with E-state index in [-0.39, 0.29) is 28.1 Å². The number of nitrogens with zero attached hydrogens (tertiary/aromatic N) is 2. The molecule has 160 valence electrons. The number of aliphatic hydroxyl groups is 1. The third kappa shape index (κ3) is 3.61. The highest BCUT2D eigenvalue weighted by molar-refractivity contribution is 6.51. The lowest BCUT2D eigenvalue weighted by atomic mass is 9.94. The van der Waals surface area contributed by atoms with Crippen molar-refractivity contribution in [3.63, 3.8) is 0 Å². The number of carbonyl (C=O) groups excluding carboxylic acids is 2. The Morgan fingerprint density at radius 2 is 1.62 bits per heavy atom. The molecule has 0 bridgehead atoms. The minimum Gasteiger partial charge on any atom is -0.507 e. The van der Waals surface area contributed by atoms with Crippen LogP contribution in [0.25, 0.3) is 5.76 Å². The number of carbonyl (C=O) groups is 2. The number of para-hydroxylation sites is 1. The minimum atomic E-state index is -1.31. The van der Waals surface area contributed by atoms with Gasteiger partial charge in [0.25, 0.3) is 17.4 Å². The Hall–Kier alpha value is -4.04. The van der Waals surface area contributed by atoms with E-state index in [0.717, 1.165) is 17.0 Å². The molecule has 1 aliphatic heterocycles. The second-order valence-corrected chi connectivity index (χ2v) is 7.40. The summed E-state index contributed by atoms with van der Waals surface area (Å²) in [6.45, 7) is 0. The lowest BCUT2D eigenvalue weighted by molar-refractivity contribution is -0.385. The fourth-order valence-electron chi connectivity index (χ4n) is 3.64. The van der Waals surface area contributed by atoms with Crippen LogP contribution in [-0.4, -0.2) is 21.7 Å². The van der Waals surface area contributed by atoms with Gasteiger partial charge in [0.15, 0.2) is 0 Å². The van der Waals surface area contributed by atoms with E-state index in [1.807, 2.05) is 0 Å². The molecule has 0 saturated carbocycles. The van der Waals surface area contributed by atoms with Crippen molar-refractivity contribution < 1.29 is 24.0 Å². The molecule has 1 aliphatic rings. The molecule has 1 fully saturated rings. The Labute approximate surface area is 186 Å². The van der Waals surface area contributed by atoms with Gasteiger partial charge in [-0.2, -0.15) is 0 Å². The number of Topliss-reactive ketones (excluding diaryl/α,β-unsaturated/α-hetero) is 1. The van der Waals surface area contributed by atoms with E-state index >= 15 is 0 Å². The summed E-state index contributed by atoms with van der Waals surface area (Å²) in [6, 6.07) is 15.0. The minimum absolute atomic E-state index is 0.0246. The molecule has 0 aromatic heterocycles. The van der Waals surface area contributed by atoms with E-state index in [0.29, 0.717) is 5.02 Å². The van der Waals surface area contributed by atoms with Crippen LogP contribution in [0.1, 0.15) is 17.2 Å². The van der Waals surface area contributed by atoms with Gasteiger partial charge in [-0.3, -0.25) is 24.6 Å². The molecule has 7 nitrogen and oxygen atoms in total. The van der Waals surface area contributed by atoms with E-state index in [4.69, 9.17) is 11.6 Å². The summed E-state index contributed by atoms with van der Waals surface area (Å²) < 4.78 is 13.5. The van der Waals surface area contributed by atoms with Crippen molar-refractivity contribution in [1.29, 1.82) is 0 Å². The number of halogens is 2. The van der Waals surface area contributed by atoms with E-state index in [1.165, 1.54) is 60.7 Å². The molecule has 0 aliphatic carbocycles. The number of anilines is 1. The fraction of sp³-hybridized carbons (Fsp3) is 0.0435. The van der Waals surface area contributed by atoms with E-state index in [2.05, 4.69) is 0 Å². The van der Waals surface area contributed by atoms with Crippen molar-refractivity contribution in [2.75, 3.05) is 4.90 Å². The number of rotatable bonds is 4. The molecule has 32 heavy (non-hydrogen) atoms. The standard InChI is InChI=1S/C23H14ClFN2O5/c24-14-7-5-13(6-8-14)21(28)19-20(17-3-1-2-4-18(17)27(31)32)26(23(30)22(19)29)16-11-9-15(25)10-12-16/h1-12,20,28H/t20-/m0/s1. The van der Waals surface area contributed by atoms with Crippen molar-refractivity contribution >= 4 is 40.4 Å². The van der Waals surface area contributed by atoms with Crippen LogP contribution in [0, 0.1) is 15.9 Å². The molecule has 1 N–H and O–H groups in total. The van der Waals surface area contributed by atoms with Crippen LogP contribution in [-0.2, 0) is 9.59 Å². The van der Waals surface area contributed by atoms with Gasteiger partial charge in [-0.15, -0.1) is 0 Å². The van der Waals surface area contributed by atoms with Gasteiger partial charge in [0.2, 0.25) is 0 Å². The van der Waals surface area contributed by atoms with Gasteiger partial charge in [-0.1, -0.05) is 23.7 Å². The Bertz CT molecular complexity index is 1270. The molecular formula is C23H14ClFN2O5. The molecule has 1 heterocycles. The highest BCUT2D eigenvalue weighted by Gasteiger charge is 2.48. The highest BCUT2D eigenvalue weighted by Crippen LogP contribution is 2.44. The van der Waals surface area contributed by atoms with Gasteiger partial charge in [-0.25, -0.2) is 4.39 Å². The zero-order valence-electron chi connectivity index (χ0n) is 16.2. The largest absolute Gasteiger partial charge is 0.507 e. The predicted octanol–water partition coefficient (Wildman–Crippen LogP) is 5.01. The van der Waals surface area contributed by atoms with Gasteiger partial charge in [0.1, 0.15) is 17.6 Å². The van der Waals surface area contributed by atoms with E-state index in [9.17, 15) is 29.2 Å². The Morgan fingerprint density at radius 1 is 1.00 bits per heavy atom. The van der Waals surface area contributed by atoms with Gasteiger partial charge in [-0.05, 0) is 54.6 Å². The summed E-state index contributed by atoms with van der Waals surface area (Å²) in [6.07, 6.45) is 0. The summed E-state index contributed by atoms with van der Waals surface area (Å²) in [4.78, 5) is 38.1. The summed E-state index contributed by atoms with van der Waals surface area (Å²) in [7, 11) is 0. The van der Waals surface area contributed by atoms with Crippen LogP contribution in [0.3, 0.4) is 0 Å². The third-order valence-electron chi connectivity index (χ3n) is 5.09. The normalized spacial score (nSPS) is 17.6. The molecule has 1 atom stereocenters. The van der Waals surface area contributed by atoms with Crippen molar-refractivity contribution in [3.8, 4) is 0 Å². The SMILES string of the molecule is O=C1C(=O)N(c2ccc(F)cc2)[C@@H](c2ccccc2[N+](=O)[O-])C1=C(O)c1ccc(Cl)cc1. The van der Waals surface area contributed by atoms with E-state index in [1.54, 1.807) is 0 Å². The zero-order valence-corrected chi connectivity index (χ0v) is 17.0. The monoisotopic (exact) mass is 452 g/mol. The van der Waals surface area contributed by atoms with Crippen molar-refractivity contribution in [2.24, 2.45) is 0 Å². The van der Waals surface area contributed by atoms with Crippen LogP contribution in [0.4, 0.5) is 15.8 Å². The lowest BCUT2D eigenvalue weighted by Crippen LogP contribution is -2.29. The van der Waals surface area contributed by atoms with Gasteiger partial charge in [0.05, 0.1) is 16.1 Å². The average Bonchev–Trinajstić information content (AvgIpc) is 3.05. The van der Waals surface area contributed by atoms with Gasteiger partial charge >= 0.3 is 0 Å². The molecule has 3 aromatic carbocycles.